The molecule has 0 aliphatic heterocycles. The zero-order valence-electron chi connectivity index (χ0n) is 6.62. The molecule has 0 spiro atoms. The lowest BCUT2D eigenvalue weighted by Crippen LogP contribution is -2.21. The van der Waals surface area contributed by atoms with Crippen LogP contribution >= 0.6 is 0 Å². The molecule has 0 radical (unpaired) electrons. The van der Waals surface area contributed by atoms with Gasteiger partial charge in [0.1, 0.15) is 0 Å². The summed E-state index contributed by atoms with van der Waals surface area (Å²) in [7, 11) is 1.31. The van der Waals surface area contributed by atoms with Crippen molar-refractivity contribution in [2.45, 2.75) is 31.0 Å². The minimum atomic E-state index is -0.594. The van der Waals surface area contributed by atoms with E-state index in [2.05, 4.69) is 19.6 Å². The van der Waals surface area contributed by atoms with Gasteiger partial charge in [-0.25, -0.2) is 0 Å². The fraction of sp³-hybridized carbons (Fsp3) is 1.00. The van der Waals surface area contributed by atoms with Crippen LogP contribution in [0.2, 0.25) is 31.0 Å². The first-order valence-electron chi connectivity index (χ1n) is 3.56. The molecule has 0 nitrogen and oxygen atoms in total. The van der Waals surface area contributed by atoms with Gasteiger partial charge >= 0.3 is 0 Å². The molecule has 0 aromatic carbocycles. The van der Waals surface area contributed by atoms with Gasteiger partial charge in [-0.2, -0.15) is 0 Å². The summed E-state index contributed by atoms with van der Waals surface area (Å²) in [6.07, 6.45) is 0. The van der Waals surface area contributed by atoms with Crippen molar-refractivity contribution in [2.75, 3.05) is 0 Å². The molecule has 8 heavy (non-hydrogen) atoms. The summed E-state index contributed by atoms with van der Waals surface area (Å²) in [6.45, 7) is 7.45. The highest BCUT2D eigenvalue weighted by atomic mass is 28.4. The van der Waals surface area contributed by atoms with Crippen LogP contribution in [-0.4, -0.2) is 27.8 Å². The summed E-state index contributed by atoms with van der Waals surface area (Å²) in [5.41, 5.74) is 3.32. The molecule has 0 aliphatic carbocycles. The third kappa shape index (κ3) is 6.65. The van der Waals surface area contributed by atoms with Gasteiger partial charge in [0.2, 0.25) is 0 Å². The maximum absolute atomic E-state index is 2.48. The van der Waals surface area contributed by atoms with Crippen LogP contribution in [0.1, 0.15) is 0 Å². The Hall–Kier alpha value is 0.651. The Morgan fingerprint density at radius 3 is 2.00 bits per heavy atom. The molecule has 0 heterocycles. The third-order valence-electron chi connectivity index (χ3n) is 1.28. The summed E-state index contributed by atoms with van der Waals surface area (Å²) >= 11 is 0. The molecule has 0 saturated heterocycles. The second-order valence-corrected chi connectivity index (χ2v) is 15.5. The van der Waals surface area contributed by atoms with E-state index in [4.69, 9.17) is 0 Å². The van der Waals surface area contributed by atoms with E-state index in [9.17, 15) is 0 Å². The minimum Gasteiger partial charge on any atom is -0.0751 e. The highest BCUT2D eigenvalue weighted by Crippen LogP contribution is 2.05. The first-order chi connectivity index (χ1) is 3.56. The first kappa shape index (κ1) is 8.65. The van der Waals surface area contributed by atoms with E-state index in [1.165, 1.54) is 10.2 Å². The normalized spacial score (nSPS) is 13.9. The molecule has 0 bridgehead atoms. The number of hydrogen-bond acceptors (Lipinski definition) is 0. The van der Waals surface area contributed by atoms with E-state index in [1.54, 1.807) is 11.3 Å². The molecule has 0 unspecified atom stereocenters. The second-order valence-electron chi connectivity index (χ2n) is 3.66. The van der Waals surface area contributed by atoms with E-state index < -0.39 is 8.07 Å². The monoisotopic (exact) mass is 162 g/mol. The molecule has 0 fully saturated rings. The van der Waals surface area contributed by atoms with Crippen molar-refractivity contribution in [2.24, 2.45) is 0 Å². The molecule has 0 aromatic heterocycles. The van der Waals surface area contributed by atoms with Crippen molar-refractivity contribution >= 4 is 27.8 Å². The Morgan fingerprint density at radius 1 is 1.38 bits per heavy atom. The molecule has 0 aliphatic rings. The van der Waals surface area contributed by atoms with Crippen molar-refractivity contribution in [3.05, 3.63) is 0 Å². The molecular weight excluding hydrogens is 144 g/mol. The Morgan fingerprint density at radius 2 is 1.88 bits per heavy atom. The molecule has 3 heteroatoms. The van der Waals surface area contributed by atoms with E-state index in [0.29, 0.717) is 9.52 Å². The predicted molar refractivity (Wildman–Crippen MR) is 51.4 cm³/mol. The summed E-state index contributed by atoms with van der Waals surface area (Å²) in [6, 6.07) is 0. The van der Waals surface area contributed by atoms with Gasteiger partial charge in [0, 0.05) is 17.6 Å². The average molecular weight is 162 g/mol. The van der Waals surface area contributed by atoms with Gasteiger partial charge in [0.05, 0.1) is 0 Å². The van der Waals surface area contributed by atoms with Gasteiger partial charge in [0.25, 0.3) is 0 Å². The standard InChI is InChI=1S/C5H18Si3/c1-8(2,3)5-7-4-6/h4-5,7H2,1-3,6H3. The highest BCUT2D eigenvalue weighted by Gasteiger charge is 2.10. The zero-order valence-corrected chi connectivity index (χ0v) is 11.0. The lowest BCUT2D eigenvalue weighted by atomic mass is 11.7. The lowest BCUT2D eigenvalue weighted by Gasteiger charge is -2.13. The van der Waals surface area contributed by atoms with E-state index >= 15 is 0 Å². The van der Waals surface area contributed by atoms with Crippen molar-refractivity contribution < 1.29 is 0 Å². The van der Waals surface area contributed by atoms with Crippen LogP contribution in [0, 0.1) is 0 Å². The molecular formula is C5H18Si3. The second kappa shape index (κ2) is 3.63. The largest absolute Gasteiger partial charge is 0.0751 e. The SMILES string of the molecule is C[Si](C)(C)C[SiH2]C[SiH3]. The Bertz CT molecular complexity index is 55.2. The van der Waals surface area contributed by atoms with Crippen LogP contribution in [0.15, 0.2) is 0 Å². The van der Waals surface area contributed by atoms with Crippen molar-refractivity contribution in [3.8, 4) is 0 Å². The van der Waals surface area contributed by atoms with Gasteiger partial charge in [0.15, 0.2) is 0 Å². The van der Waals surface area contributed by atoms with E-state index in [-0.39, 0.29) is 0 Å². The molecule has 0 rings (SSSR count). The minimum absolute atomic E-state index is 0.441. The molecule has 0 atom stereocenters. The number of hydrogen-bond donors (Lipinski definition) is 0. The van der Waals surface area contributed by atoms with Gasteiger partial charge < -0.3 is 0 Å². The fourth-order valence-electron chi connectivity index (χ4n) is 0.707. The van der Waals surface area contributed by atoms with Gasteiger partial charge in [-0.05, 0) is 10.2 Å². The molecule has 0 amide bonds. The van der Waals surface area contributed by atoms with Crippen LogP contribution in [0.3, 0.4) is 0 Å². The zero-order chi connectivity index (χ0) is 6.62. The maximum Gasteiger partial charge on any atom is 0.0411 e. The van der Waals surface area contributed by atoms with Crippen LogP contribution in [-0.2, 0) is 0 Å². The molecule has 0 aromatic rings. The maximum atomic E-state index is 2.48. The van der Waals surface area contributed by atoms with Crippen LogP contribution in [0.4, 0.5) is 0 Å². The first-order valence-corrected chi connectivity index (χ1v) is 10.7. The Balaban J connectivity index is 3.11. The lowest BCUT2D eigenvalue weighted by molar-refractivity contribution is 1.62. The molecule has 50 valence electrons. The van der Waals surface area contributed by atoms with Gasteiger partial charge in [-0.3, -0.25) is 0 Å². The van der Waals surface area contributed by atoms with Gasteiger partial charge in [-0.15, -0.1) is 0 Å². The highest BCUT2D eigenvalue weighted by molar-refractivity contribution is 6.83. The van der Waals surface area contributed by atoms with Gasteiger partial charge in [-0.1, -0.05) is 31.0 Å². The smallest absolute Gasteiger partial charge is 0.0411 e. The van der Waals surface area contributed by atoms with Crippen LogP contribution < -0.4 is 0 Å². The van der Waals surface area contributed by atoms with Crippen LogP contribution in [0.25, 0.3) is 0 Å². The molecule has 0 saturated carbocycles. The summed E-state index contributed by atoms with van der Waals surface area (Å²) in [4.78, 5) is 0. The summed E-state index contributed by atoms with van der Waals surface area (Å²) in [5, 5.41) is 0. The topological polar surface area (TPSA) is 0 Å². The van der Waals surface area contributed by atoms with Crippen molar-refractivity contribution in [1.29, 1.82) is 0 Å². The quantitative estimate of drug-likeness (QED) is 0.520. The van der Waals surface area contributed by atoms with E-state index in [0.717, 1.165) is 0 Å². The fourth-order valence-corrected chi connectivity index (χ4v) is 9.55. The van der Waals surface area contributed by atoms with Crippen LogP contribution in [0.5, 0.6) is 0 Å². The number of rotatable bonds is 3. The third-order valence-corrected chi connectivity index (χ3v) is 11.5. The Kier molecular flexibility index (Phi) is 3.93. The predicted octanol–water partition coefficient (Wildman–Crippen LogP) is 0.192. The summed E-state index contributed by atoms with van der Waals surface area (Å²) in [5.74, 6) is 0. The van der Waals surface area contributed by atoms with E-state index in [1.807, 2.05) is 0 Å². The van der Waals surface area contributed by atoms with Crippen molar-refractivity contribution in [3.63, 3.8) is 0 Å². The summed E-state index contributed by atoms with van der Waals surface area (Å²) < 4.78 is 0. The molecule has 0 N–H and O–H groups in total. The Labute approximate surface area is 59.3 Å². The van der Waals surface area contributed by atoms with Crippen molar-refractivity contribution in [1.82, 2.24) is 0 Å². The average Bonchev–Trinajstić information content (AvgIpc) is 1.59.